The van der Waals surface area contributed by atoms with Crippen LogP contribution in [0.5, 0.6) is 11.5 Å². The van der Waals surface area contributed by atoms with E-state index in [4.69, 9.17) is 9.47 Å². The molecule has 6 nitrogen and oxygen atoms in total. The van der Waals surface area contributed by atoms with Crippen LogP contribution in [0.25, 0.3) is 11.0 Å². The van der Waals surface area contributed by atoms with E-state index < -0.39 is 0 Å². The van der Waals surface area contributed by atoms with Crippen LogP contribution in [0.15, 0.2) is 66.7 Å². The summed E-state index contributed by atoms with van der Waals surface area (Å²) in [5, 5.41) is 2.98. The maximum absolute atomic E-state index is 12.8. The van der Waals surface area contributed by atoms with Crippen LogP contribution >= 0.6 is 0 Å². The molecule has 0 bridgehead atoms. The van der Waals surface area contributed by atoms with Crippen LogP contribution in [0.3, 0.4) is 0 Å². The summed E-state index contributed by atoms with van der Waals surface area (Å²) < 4.78 is 13.2. The van der Waals surface area contributed by atoms with Gasteiger partial charge in [0.15, 0.2) is 11.5 Å². The van der Waals surface area contributed by atoms with Gasteiger partial charge in [-0.05, 0) is 61.4 Å². The van der Waals surface area contributed by atoms with Crippen LogP contribution in [-0.4, -0.2) is 22.6 Å². The number of para-hydroxylation sites is 4. The van der Waals surface area contributed by atoms with Gasteiger partial charge in [-0.25, -0.2) is 4.98 Å². The van der Waals surface area contributed by atoms with Gasteiger partial charge in [0.25, 0.3) is 0 Å². The van der Waals surface area contributed by atoms with E-state index in [1.54, 1.807) is 7.11 Å². The number of carbonyl (C=O) groups excluding carboxylic acids is 1. The molecule has 1 aromatic heterocycles. The Kier molecular flexibility index (Phi) is 5.89. The molecule has 4 rings (SSSR count). The van der Waals surface area contributed by atoms with Crippen molar-refractivity contribution in [1.82, 2.24) is 9.55 Å². The Hall–Kier alpha value is -3.80. The Morgan fingerprint density at radius 3 is 2.48 bits per heavy atom. The topological polar surface area (TPSA) is 65.4 Å². The van der Waals surface area contributed by atoms with Crippen molar-refractivity contribution in [3.63, 3.8) is 0 Å². The van der Waals surface area contributed by atoms with Gasteiger partial charge in [0.1, 0.15) is 19.0 Å². The molecular weight excluding hydrogens is 390 g/mol. The number of imidazole rings is 1. The summed E-state index contributed by atoms with van der Waals surface area (Å²) in [4.78, 5) is 17.5. The van der Waals surface area contributed by atoms with Gasteiger partial charge in [-0.15, -0.1) is 0 Å². The summed E-state index contributed by atoms with van der Waals surface area (Å²) in [5.41, 5.74) is 4.81. The predicted octanol–water partition coefficient (Wildman–Crippen LogP) is 4.88. The molecule has 0 fully saturated rings. The monoisotopic (exact) mass is 415 g/mol. The third-order valence-corrected chi connectivity index (χ3v) is 5.25. The second-order valence-electron chi connectivity index (χ2n) is 7.39. The van der Waals surface area contributed by atoms with Crippen molar-refractivity contribution in [1.29, 1.82) is 0 Å². The van der Waals surface area contributed by atoms with Crippen LogP contribution in [0.4, 0.5) is 5.69 Å². The Bertz CT molecular complexity index is 1230. The highest BCUT2D eigenvalue weighted by Gasteiger charge is 2.15. The Morgan fingerprint density at radius 1 is 0.968 bits per heavy atom. The number of nitrogens with one attached hydrogen (secondary N) is 1. The first kappa shape index (κ1) is 20.5. The summed E-state index contributed by atoms with van der Waals surface area (Å²) in [6.45, 7) is 4.43. The van der Waals surface area contributed by atoms with Crippen molar-refractivity contribution in [3.05, 3.63) is 83.7 Å². The normalized spacial score (nSPS) is 10.8. The highest BCUT2D eigenvalue weighted by molar-refractivity contribution is 5.91. The highest BCUT2D eigenvalue weighted by Crippen LogP contribution is 2.27. The number of amides is 1. The fourth-order valence-electron chi connectivity index (χ4n) is 3.46. The molecule has 0 saturated carbocycles. The molecular formula is C25H25N3O3. The van der Waals surface area contributed by atoms with Crippen molar-refractivity contribution < 1.29 is 14.3 Å². The second-order valence-corrected chi connectivity index (χ2v) is 7.39. The van der Waals surface area contributed by atoms with Crippen LogP contribution < -0.4 is 14.8 Å². The molecule has 0 radical (unpaired) electrons. The fraction of sp³-hybridized carbons (Fsp3) is 0.200. The fourth-order valence-corrected chi connectivity index (χ4v) is 3.46. The SMILES string of the molecule is COc1ccccc1OCc1nc2ccccc2n1CC(=O)Nc1ccc(C)c(C)c1. The number of ether oxygens (including phenoxy) is 2. The number of nitrogens with zero attached hydrogens (tertiary/aromatic N) is 2. The Labute approximate surface area is 181 Å². The van der Waals surface area contributed by atoms with Gasteiger partial charge in [0.05, 0.1) is 18.1 Å². The molecule has 4 aromatic rings. The first-order valence-corrected chi connectivity index (χ1v) is 10.1. The summed E-state index contributed by atoms with van der Waals surface area (Å²) >= 11 is 0. The van der Waals surface area contributed by atoms with E-state index in [1.807, 2.05) is 85.1 Å². The van der Waals surface area contributed by atoms with Crippen LogP contribution in [0.1, 0.15) is 17.0 Å². The van der Waals surface area contributed by atoms with Crippen molar-refractivity contribution in [2.45, 2.75) is 27.0 Å². The average molecular weight is 415 g/mol. The molecule has 31 heavy (non-hydrogen) atoms. The molecule has 1 heterocycles. The summed E-state index contributed by atoms with van der Waals surface area (Å²) in [6.07, 6.45) is 0. The lowest BCUT2D eigenvalue weighted by Gasteiger charge is -2.13. The molecule has 0 unspecified atom stereocenters. The number of fused-ring (bicyclic) bond motifs is 1. The Balaban J connectivity index is 1.57. The number of hydrogen-bond donors (Lipinski definition) is 1. The molecule has 1 N–H and O–H groups in total. The van der Waals surface area contributed by atoms with Gasteiger partial charge in [-0.1, -0.05) is 30.3 Å². The average Bonchev–Trinajstić information content (AvgIpc) is 3.12. The number of carbonyl (C=O) groups is 1. The third kappa shape index (κ3) is 4.53. The molecule has 0 aliphatic carbocycles. The van der Waals surface area contributed by atoms with E-state index in [-0.39, 0.29) is 19.1 Å². The molecule has 3 aromatic carbocycles. The lowest BCUT2D eigenvalue weighted by Crippen LogP contribution is -2.21. The van der Waals surface area contributed by atoms with Crippen LogP contribution in [0, 0.1) is 13.8 Å². The maximum atomic E-state index is 12.8. The minimum absolute atomic E-state index is 0.120. The zero-order valence-corrected chi connectivity index (χ0v) is 17.9. The zero-order chi connectivity index (χ0) is 21.8. The highest BCUT2D eigenvalue weighted by atomic mass is 16.5. The number of rotatable bonds is 7. The van der Waals surface area contributed by atoms with E-state index in [9.17, 15) is 4.79 Å². The molecule has 158 valence electrons. The van der Waals surface area contributed by atoms with Crippen molar-refractivity contribution in [2.24, 2.45) is 0 Å². The van der Waals surface area contributed by atoms with Crippen molar-refractivity contribution in [2.75, 3.05) is 12.4 Å². The Morgan fingerprint density at radius 2 is 1.71 bits per heavy atom. The van der Waals surface area contributed by atoms with Gasteiger partial charge in [0, 0.05) is 5.69 Å². The number of aromatic nitrogens is 2. The number of benzene rings is 3. The summed E-state index contributed by atoms with van der Waals surface area (Å²) in [6, 6.07) is 21.1. The van der Waals surface area contributed by atoms with Gasteiger partial charge in [-0.2, -0.15) is 0 Å². The van der Waals surface area contributed by atoms with E-state index >= 15 is 0 Å². The third-order valence-electron chi connectivity index (χ3n) is 5.25. The molecule has 6 heteroatoms. The number of hydrogen-bond acceptors (Lipinski definition) is 4. The van der Waals surface area contributed by atoms with Crippen molar-refractivity contribution >= 4 is 22.6 Å². The quantitative estimate of drug-likeness (QED) is 0.467. The summed E-state index contributed by atoms with van der Waals surface area (Å²) in [5.74, 6) is 1.83. The standard InChI is InChI=1S/C25H25N3O3/c1-17-12-13-19(14-18(17)2)26-25(29)15-28-21-9-5-4-8-20(21)27-24(28)16-31-23-11-7-6-10-22(23)30-3/h4-14H,15-16H2,1-3H3,(H,26,29). The number of aryl methyl sites for hydroxylation is 2. The minimum Gasteiger partial charge on any atom is -0.493 e. The van der Waals surface area contributed by atoms with Gasteiger partial charge in [-0.3, -0.25) is 4.79 Å². The first-order valence-electron chi connectivity index (χ1n) is 10.1. The minimum atomic E-state index is -0.120. The largest absolute Gasteiger partial charge is 0.493 e. The van der Waals surface area contributed by atoms with Crippen molar-refractivity contribution in [3.8, 4) is 11.5 Å². The molecule has 0 spiro atoms. The lowest BCUT2D eigenvalue weighted by molar-refractivity contribution is -0.116. The maximum Gasteiger partial charge on any atom is 0.244 e. The smallest absolute Gasteiger partial charge is 0.244 e. The molecule has 1 amide bonds. The number of methoxy groups -OCH3 is 1. The second kappa shape index (κ2) is 8.92. The predicted molar refractivity (Wildman–Crippen MR) is 122 cm³/mol. The molecule has 0 aliphatic heterocycles. The zero-order valence-electron chi connectivity index (χ0n) is 17.9. The number of anilines is 1. The van der Waals surface area contributed by atoms with E-state index in [0.29, 0.717) is 17.3 Å². The van der Waals surface area contributed by atoms with Gasteiger partial charge in [0.2, 0.25) is 5.91 Å². The van der Waals surface area contributed by atoms with Gasteiger partial charge < -0.3 is 19.4 Å². The van der Waals surface area contributed by atoms with E-state index in [2.05, 4.69) is 10.3 Å². The molecule has 0 atom stereocenters. The summed E-state index contributed by atoms with van der Waals surface area (Å²) in [7, 11) is 1.61. The molecule has 0 aliphatic rings. The molecule has 0 saturated heterocycles. The first-order chi connectivity index (χ1) is 15.0. The van der Waals surface area contributed by atoms with Crippen LogP contribution in [-0.2, 0) is 17.9 Å². The van der Waals surface area contributed by atoms with E-state index in [1.165, 1.54) is 5.56 Å². The van der Waals surface area contributed by atoms with E-state index in [0.717, 1.165) is 22.3 Å². The van der Waals surface area contributed by atoms with Gasteiger partial charge >= 0.3 is 0 Å². The lowest BCUT2D eigenvalue weighted by atomic mass is 10.1. The van der Waals surface area contributed by atoms with Crippen LogP contribution in [0.2, 0.25) is 0 Å².